The minimum atomic E-state index is -0.465. The molecule has 2 aromatic rings. The predicted molar refractivity (Wildman–Crippen MR) is 174 cm³/mol. The van der Waals surface area contributed by atoms with Crippen molar-refractivity contribution < 1.29 is 47.4 Å². The third-order valence-corrected chi connectivity index (χ3v) is 7.39. The highest BCUT2D eigenvalue weighted by molar-refractivity contribution is 5.46. The van der Waals surface area contributed by atoms with Crippen LogP contribution in [0.1, 0.15) is 66.5 Å². The molecule has 0 amide bonds. The Kier molecular flexibility index (Phi) is 13.4. The zero-order chi connectivity index (χ0) is 33.2. The van der Waals surface area contributed by atoms with Crippen LogP contribution in [0.15, 0.2) is 36.4 Å². The van der Waals surface area contributed by atoms with E-state index >= 15 is 0 Å². The highest BCUT2D eigenvalue weighted by Gasteiger charge is 2.26. The zero-order valence-corrected chi connectivity index (χ0v) is 28.9. The van der Waals surface area contributed by atoms with Gasteiger partial charge in [-0.3, -0.25) is 0 Å². The molecule has 0 radical (unpaired) electrons. The summed E-state index contributed by atoms with van der Waals surface area (Å²) in [6.45, 7) is 21.8. The van der Waals surface area contributed by atoms with E-state index in [4.69, 9.17) is 47.4 Å². The van der Waals surface area contributed by atoms with E-state index in [0.29, 0.717) is 75.9 Å². The largest absolute Gasteiger partial charge is 0.487 e. The van der Waals surface area contributed by atoms with Gasteiger partial charge in [0, 0.05) is 0 Å². The van der Waals surface area contributed by atoms with Crippen molar-refractivity contribution >= 4 is 0 Å². The van der Waals surface area contributed by atoms with Crippen LogP contribution in [0, 0.1) is 0 Å². The van der Waals surface area contributed by atoms with E-state index in [-0.39, 0.29) is 23.0 Å². The van der Waals surface area contributed by atoms with E-state index in [9.17, 15) is 0 Å². The van der Waals surface area contributed by atoms with E-state index < -0.39 is 12.6 Å². The average Bonchev–Trinajstić information content (AvgIpc) is 3.92. The summed E-state index contributed by atoms with van der Waals surface area (Å²) >= 11 is 0. The number of rotatable bonds is 21. The summed E-state index contributed by atoms with van der Waals surface area (Å²) in [5.41, 5.74) is 2.35. The van der Waals surface area contributed by atoms with Crippen molar-refractivity contribution in [1.82, 2.24) is 0 Å². The number of hydrogen-bond acceptors (Lipinski definition) is 10. The molecule has 2 saturated heterocycles. The van der Waals surface area contributed by atoms with E-state index in [1.807, 2.05) is 38.1 Å². The Morgan fingerprint density at radius 3 is 1.30 bits per heavy atom. The standard InChI is InChI=1S/C36H54O10/c1-25(45-31-11-9-27(35(3,4)5)19-33(31)43-23-29-21-41-29)39-17-15-37-13-14-38-16-18-40-26(2)46-32-12-10-28(36(6,7)8)20-34(32)44-24-30-22-42-30/h9-12,19-20,25-26,29-30H,13-18,21-24H2,1-8H3. The van der Waals surface area contributed by atoms with Crippen LogP contribution in [0.3, 0.4) is 0 Å². The van der Waals surface area contributed by atoms with Gasteiger partial charge in [-0.25, -0.2) is 0 Å². The Morgan fingerprint density at radius 1 is 0.587 bits per heavy atom. The van der Waals surface area contributed by atoms with E-state index in [2.05, 4.69) is 53.7 Å². The van der Waals surface area contributed by atoms with Crippen molar-refractivity contribution in [3.63, 3.8) is 0 Å². The minimum Gasteiger partial charge on any atom is -0.487 e. The van der Waals surface area contributed by atoms with E-state index in [0.717, 1.165) is 13.2 Å². The van der Waals surface area contributed by atoms with Crippen LogP contribution < -0.4 is 18.9 Å². The predicted octanol–water partition coefficient (Wildman–Crippen LogP) is 6.05. The fraction of sp³-hybridized carbons (Fsp3) is 0.667. The molecule has 4 rings (SSSR count). The second-order valence-electron chi connectivity index (χ2n) is 13.7. The Bertz CT molecular complexity index is 1100. The number of ether oxygens (including phenoxy) is 10. The molecular formula is C36H54O10. The average molecular weight is 647 g/mol. The Labute approximate surface area is 274 Å². The van der Waals surface area contributed by atoms with Gasteiger partial charge in [-0.05, 0) is 60.1 Å². The lowest BCUT2D eigenvalue weighted by atomic mass is 9.87. The second kappa shape index (κ2) is 17.0. The van der Waals surface area contributed by atoms with E-state index in [1.54, 1.807) is 0 Å². The minimum absolute atomic E-state index is 0.000543. The first-order valence-corrected chi connectivity index (χ1v) is 16.4. The van der Waals surface area contributed by atoms with Crippen LogP contribution in [0.2, 0.25) is 0 Å². The van der Waals surface area contributed by atoms with Gasteiger partial charge in [-0.1, -0.05) is 53.7 Å². The van der Waals surface area contributed by atoms with Crippen LogP contribution in [0.5, 0.6) is 23.0 Å². The molecule has 2 aromatic carbocycles. The van der Waals surface area contributed by atoms with Gasteiger partial charge in [-0.2, -0.15) is 0 Å². The van der Waals surface area contributed by atoms with Crippen LogP contribution in [-0.2, 0) is 39.3 Å². The van der Waals surface area contributed by atoms with Crippen molar-refractivity contribution in [3.05, 3.63) is 47.5 Å². The van der Waals surface area contributed by atoms with Gasteiger partial charge >= 0.3 is 0 Å². The van der Waals surface area contributed by atoms with E-state index in [1.165, 1.54) is 11.1 Å². The first kappa shape index (κ1) is 36.2. The Balaban J connectivity index is 1.06. The molecule has 2 aliphatic rings. The molecule has 2 fully saturated rings. The lowest BCUT2D eigenvalue weighted by Crippen LogP contribution is -2.21. The molecule has 0 saturated carbocycles. The van der Waals surface area contributed by atoms with Gasteiger partial charge in [0.1, 0.15) is 25.4 Å². The van der Waals surface area contributed by atoms with Gasteiger partial charge < -0.3 is 47.4 Å². The summed E-state index contributed by atoms with van der Waals surface area (Å²) in [5, 5.41) is 0. The molecular weight excluding hydrogens is 592 g/mol. The summed E-state index contributed by atoms with van der Waals surface area (Å²) < 4.78 is 57.6. The maximum atomic E-state index is 6.04. The molecule has 0 bridgehead atoms. The normalized spacial score (nSPS) is 19.0. The Morgan fingerprint density at radius 2 is 0.957 bits per heavy atom. The van der Waals surface area contributed by atoms with Crippen molar-refractivity contribution in [2.24, 2.45) is 0 Å². The van der Waals surface area contributed by atoms with Crippen LogP contribution in [-0.4, -0.2) is 90.9 Å². The van der Waals surface area contributed by atoms with Crippen molar-refractivity contribution in [3.8, 4) is 23.0 Å². The molecule has 2 aliphatic heterocycles. The van der Waals surface area contributed by atoms with Crippen molar-refractivity contribution in [2.45, 2.75) is 91.0 Å². The monoisotopic (exact) mass is 646 g/mol. The Hall–Kier alpha value is -2.60. The maximum absolute atomic E-state index is 6.04. The molecule has 2 heterocycles. The molecule has 46 heavy (non-hydrogen) atoms. The molecule has 0 aromatic heterocycles. The molecule has 0 N–H and O–H groups in total. The highest BCUT2D eigenvalue weighted by atomic mass is 16.7. The molecule has 0 aliphatic carbocycles. The lowest BCUT2D eigenvalue weighted by molar-refractivity contribution is -0.0950. The summed E-state index contributed by atoms with van der Waals surface area (Å²) in [6, 6.07) is 12.1. The van der Waals surface area contributed by atoms with Gasteiger partial charge in [0.25, 0.3) is 0 Å². The fourth-order valence-electron chi connectivity index (χ4n) is 4.36. The van der Waals surface area contributed by atoms with Crippen molar-refractivity contribution in [2.75, 3.05) is 66.1 Å². The quantitative estimate of drug-likeness (QED) is 0.0905. The molecule has 258 valence electrons. The van der Waals surface area contributed by atoms with Gasteiger partial charge in [0.05, 0.1) is 52.9 Å². The van der Waals surface area contributed by atoms with Crippen molar-refractivity contribution in [1.29, 1.82) is 0 Å². The zero-order valence-electron chi connectivity index (χ0n) is 28.9. The first-order chi connectivity index (χ1) is 21.9. The number of hydrogen-bond donors (Lipinski definition) is 0. The third-order valence-electron chi connectivity index (χ3n) is 7.39. The van der Waals surface area contributed by atoms with Crippen LogP contribution in [0.25, 0.3) is 0 Å². The first-order valence-electron chi connectivity index (χ1n) is 16.4. The highest BCUT2D eigenvalue weighted by Crippen LogP contribution is 2.36. The molecule has 0 spiro atoms. The fourth-order valence-corrected chi connectivity index (χ4v) is 4.36. The summed E-state index contributed by atoms with van der Waals surface area (Å²) in [6.07, 6.45) is -0.607. The summed E-state index contributed by atoms with van der Waals surface area (Å²) in [5.74, 6) is 2.69. The third kappa shape index (κ3) is 12.9. The van der Waals surface area contributed by atoms with Crippen LogP contribution in [0.4, 0.5) is 0 Å². The SMILES string of the molecule is CC(OCCOCCOCCOC(C)Oc1ccc(C(C)(C)C)cc1OCC1CO1)Oc1ccc(C(C)(C)C)cc1OCC1CO1. The lowest BCUT2D eigenvalue weighted by Gasteiger charge is -2.23. The summed E-state index contributed by atoms with van der Waals surface area (Å²) in [7, 11) is 0. The molecule has 10 heteroatoms. The smallest absolute Gasteiger partial charge is 0.197 e. The number of epoxide rings is 2. The van der Waals surface area contributed by atoms with Crippen LogP contribution >= 0.6 is 0 Å². The maximum Gasteiger partial charge on any atom is 0.197 e. The molecule has 4 atom stereocenters. The van der Waals surface area contributed by atoms with Gasteiger partial charge in [0.2, 0.25) is 0 Å². The number of benzene rings is 2. The molecule has 4 unspecified atom stereocenters. The van der Waals surface area contributed by atoms with Gasteiger partial charge in [-0.15, -0.1) is 0 Å². The second-order valence-corrected chi connectivity index (χ2v) is 13.7. The summed E-state index contributed by atoms with van der Waals surface area (Å²) in [4.78, 5) is 0. The van der Waals surface area contributed by atoms with Gasteiger partial charge in [0.15, 0.2) is 35.6 Å². The topological polar surface area (TPSA) is 98.9 Å². The molecule has 10 nitrogen and oxygen atoms in total.